The SMILES string of the molecule is CCN(Cc1ccccc1C(=O)NN)CC(C)C. The van der Waals surface area contributed by atoms with Gasteiger partial charge < -0.3 is 0 Å². The fourth-order valence-corrected chi connectivity index (χ4v) is 2.02. The Morgan fingerprint density at radius 2 is 2.06 bits per heavy atom. The van der Waals surface area contributed by atoms with Gasteiger partial charge in [-0.1, -0.05) is 39.0 Å². The van der Waals surface area contributed by atoms with Gasteiger partial charge in [0.2, 0.25) is 0 Å². The number of benzene rings is 1. The summed E-state index contributed by atoms with van der Waals surface area (Å²) in [4.78, 5) is 14.0. The molecule has 0 saturated heterocycles. The fraction of sp³-hybridized carbons (Fsp3) is 0.500. The van der Waals surface area contributed by atoms with Crippen LogP contribution >= 0.6 is 0 Å². The van der Waals surface area contributed by atoms with Crippen molar-refractivity contribution in [2.24, 2.45) is 11.8 Å². The molecule has 4 nitrogen and oxygen atoms in total. The van der Waals surface area contributed by atoms with Gasteiger partial charge in [-0.25, -0.2) is 5.84 Å². The third kappa shape index (κ3) is 4.13. The van der Waals surface area contributed by atoms with E-state index >= 15 is 0 Å². The minimum atomic E-state index is -0.230. The smallest absolute Gasteiger partial charge is 0.265 e. The van der Waals surface area contributed by atoms with Crippen LogP contribution in [0.3, 0.4) is 0 Å². The average Bonchev–Trinajstić information content (AvgIpc) is 2.37. The molecule has 0 fully saturated rings. The van der Waals surface area contributed by atoms with E-state index in [1.807, 2.05) is 18.2 Å². The number of hydrogen-bond donors (Lipinski definition) is 2. The molecule has 0 spiro atoms. The van der Waals surface area contributed by atoms with Crippen LogP contribution in [0.2, 0.25) is 0 Å². The molecule has 0 aliphatic carbocycles. The molecule has 4 heteroatoms. The lowest BCUT2D eigenvalue weighted by Crippen LogP contribution is -2.32. The molecule has 0 aliphatic rings. The maximum atomic E-state index is 11.7. The first kappa shape index (κ1) is 14.7. The Bertz CT molecular complexity index is 390. The highest BCUT2D eigenvalue weighted by Crippen LogP contribution is 2.12. The predicted octanol–water partition coefficient (Wildman–Crippen LogP) is 1.77. The zero-order valence-corrected chi connectivity index (χ0v) is 11.4. The van der Waals surface area contributed by atoms with Crippen molar-refractivity contribution in [3.05, 3.63) is 35.4 Å². The molecule has 0 saturated carbocycles. The molecule has 1 amide bonds. The number of nitrogens with zero attached hydrogens (tertiary/aromatic N) is 1. The Balaban J connectivity index is 2.85. The quantitative estimate of drug-likeness (QED) is 0.459. The molecule has 1 rings (SSSR count). The molecule has 0 radical (unpaired) electrons. The van der Waals surface area contributed by atoms with E-state index in [1.54, 1.807) is 6.07 Å². The van der Waals surface area contributed by atoms with Gasteiger partial charge in [-0.15, -0.1) is 0 Å². The molecule has 0 bridgehead atoms. The second kappa shape index (κ2) is 7.13. The van der Waals surface area contributed by atoms with Gasteiger partial charge in [0.15, 0.2) is 0 Å². The number of amides is 1. The second-order valence-electron chi connectivity index (χ2n) is 4.85. The van der Waals surface area contributed by atoms with E-state index < -0.39 is 0 Å². The predicted molar refractivity (Wildman–Crippen MR) is 73.9 cm³/mol. The Kier molecular flexibility index (Phi) is 5.82. The summed E-state index contributed by atoms with van der Waals surface area (Å²) in [7, 11) is 0. The molecule has 0 atom stereocenters. The highest BCUT2D eigenvalue weighted by Gasteiger charge is 2.12. The molecule has 100 valence electrons. The normalized spacial score (nSPS) is 11.0. The minimum absolute atomic E-state index is 0.230. The summed E-state index contributed by atoms with van der Waals surface area (Å²) in [6, 6.07) is 7.59. The van der Waals surface area contributed by atoms with Gasteiger partial charge in [-0.3, -0.25) is 15.1 Å². The molecule has 1 aromatic carbocycles. The summed E-state index contributed by atoms with van der Waals surface area (Å²) in [6.45, 7) is 9.29. The third-order valence-corrected chi connectivity index (χ3v) is 2.86. The van der Waals surface area contributed by atoms with Crippen LogP contribution in [0.25, 0.3) is 0 Å². The van der Waals surface area contributed by atoms with Crippen molar-refractivity contribution in [2.45, 2.75) is 27.3 Å². The number of nitrogen functional groups attached to an aromatic ring is 1. The summed E-state index contributed by atoms with van der Waals surface area (Å²) < 4.78 is 0. The molecular weight excluding hydrogens is 226 g/mol. The maximum Gasteiger partial charge on any atom is 0.265 e. The number of carbonyl (C=O) groups excluding carboxylic acids is 1. The van der Waals surface area contributed by atoms with Crippen molar-refractivity contribution in [1.29, 1.82) is 0 Å². The topological polar surface area (TPSA) is 58.4 Å². The van der Waals surface area contributed by atoms with Crippen LogP contribution in [0.4, 0.5) is 0 Å². The third-order valence-electron chi connectivity index (χ3n) is 2.86. The van der Waals surface area contributed by atoms with Gasteiger partial charge >= 0.3 is 0 Å². The lowest BCUT2D eigenvalue weighted by atomic mass is 10.1. The highest BCUT2D eigenvalue weighted by atomic mass is 16.2. The molecule has 1 aromatic rings. The minimum Gasteiger partial charge on any atom is -0.299 e. The number of hydrogen-bond acceptors (Lipinski definition) is 3. The van der Waals surface area contributed by atoms with Crippen molar-refractivity contribution < 1.29 is 4.79 Å². The second-order valence-corrected chi connectivity index (χ2v) is 4.85. The number of rotatable bonds is 6. The van der Waals surface area contributed by atoms with Crippen molar-refractivity contribution in [2.75, 3.05) is 13.1 Å². The lowest BCUT2D eigenvalue weighted by molar-refractivity contribution is 0.0951. The van der Waals surface area contributed by atoms with E-state index in [0.29, 0.717) is 11.5 Å². The van der Waals surface area contributed by atoms with Gasteiger partial charge in [-0.05, 0) is 24.1 Å². The van der Waals surface area contributed by atoms with E-state index in [4.69, 9.17) is 5.84 Å². The zero-order valence-electron chi connectivity index (χ0n) is 11.4. The number of nitrogens with one attached hydrogen (secondary N) is 1. The Labute approximate surface area is 109 Å². The van der Waals surface area contributed by atoms with Crippen LogP contribution in [0, 0.1) is 5.92 Å². The number of carbonyl (C=O) groups is 1. The van der Waals surface area contributed by atoms with Crippen LogP contribution in [0.1, 0.15) is 36.7 Å². The van der Waals surface area contributed by atoms with Gasteiger partial charge in [0, 0.05) is 18.7 Å². The fourth-order valence-electron chi connectivity index (χ4n) is 2.02. The molecule has 3 N–H and O–H groups in total. The largest absolute Gasteiger partial charge is 0.299 e. The van der Waals surface area contributed by atoms with Gasteiger partial charge in [0.25, 0.3) is 5.91 Å². The monoisotopic (exact) mass is 249 g/mol. The molecule has 0 aliphatic heterocycles. The van der Waals surface area contributed by atoms with Crippen molar-refractivity contribution in [3.63, 3.8) is 0 Å². The summed E-state index contributed by atoms with van der Waals surface area (Å²) >= 11 is 0. The average molecular weight is 249 g/mol. The van der Waals surface area contributed by atoms with Crippen molar-refractivity contribution >= 4 is 5.91 Å². The summed E-state index contributed by atoms with van der Waals surface area (Å²) in [5.74, 6) is 5.59. The Hall–Kier alpha value is -1.39. The van der Waals surface area contributed by atoms with E-state index in [0.717, 1.165) is 25.2 Å². The van der Waals surface area contributed by atoms with E-state index in [-0.39, 0.29) is 5.91 Å². The van der Waals surface area contributed by atoms with Crippen LogP contribution in [-0.4, -0.2) is 23.9 Å². The highest BCUT2D eigenvalue weighted by molar-refractivity contribution is 5.95. The van der Waals surface area contributed by atoms with Crippen molar-refractivity contribution in [1.82, 2.24) is 10.3 Å². The first-order valence-corrected chi connectivity index (χ1v) is 6.39. The van der Waals surface area contributed by atoms with Gasteiger partial charge in [0.05, 0.1) is 0 Å². The Morgan fingerprint density at radius 1 is 1.39 bits per heavy atom. The maximum absolute atomic E-state index is 11.7. The van der Waals surface area contributed by atoms with E-state index in [1.165, 1.54) is 0 Å². The molecular formula is C14H23N3O. The van der Waals surface area contributed by atoms with E-state index in [9.17, 15) is 4.79 Å². The Morgan fingerprint density at radius 3 is 2.61 bits per heavy atom. The number of nitrogens with two attached hydrogens (primary N) is 1. The molecule has 0 heterocycles. The van der Waals surface area contributed by atoms with Crippen molar-refractivity contribution in [3.8, 4) is 0 Å². The molecule has 0 unspecified atom stereocenters. The first-order valence-electron chi connectivity index (χ1n) is 6.39. The summed E-state index contributed by atoms with van der Waals surface area (Å²) in [5, 5.41) is 0. The van der Waals surface area contributed by atoms with Crippen LogP contribution in [0.5, 0.6) is 0 Å². The van der Waals surface area contributed by atoms with Crippen LogP contribution in [0.15, 0.2) is 24.3 Å². The van der Waals surface area contributed by atoms with Crippen LogP contribution < -0.4 is 11.3 Å². The van der Waals surface area contributed by atoms with Gasteiger partial charge in [-0.2, -0.15) is 0 Å². The summed E-state index contributed by atoms with van der Waals surface area (Å²) in [5.41, 5.74) is 3.87. The molecule has 0 aromatic heterocycles. The molecule has 18 heavy (non-hydrogen) atoms. The number of hydrazine groups is 1. The summed E-state index contributed by atoms with van der Waals surface area (Å²) in [6.07, 6.45) is 0. The van der Waals surface area contributed by atoms with Gasteiger partial charge in [0.1, 0.15) is 0 Å². The zero-order chi connectivity index (χ0) is 13.5. The first-order chi connectivity index (χ1) is 8.58. The van der Waals surface area contributed by atoms with Crippen LogP contribution in [-0.2, 0) is 6.54 Å². The standard InChI is InChI=1S/C14H23N3O/c1-4-17(9-11(2)3)10-12-7-5-6-8-13(12)14(18)16-15/h5-8,11H,4,9-10,15H2,1-3H3,(H,16,18). The lowest BCUT2D eigenvalue weighted by Gasteiger charge is -2.23. The van der Waals surface area contributed by atoms with E-state index in [2.05, 4.69) is 31.1 Å².